The fourth-order valence-electron chi connectivity index (χ4n) is 1.89. The minimum Gasteiger partial charge on any atom is -0.481 e. The van der Waals surface area contributed by atoms with E-state index >= 15 is 0 Å². The summed E-state index contributed by atoms with van der Waals surface area (Å²) in [4.78, 5) is 11.4. The van der Waals surface area contributed by atoms with Gasteiger partial charge in [-0.2, -0.15) is 0 Å². The van der Waals surface area contributed by atoms with Crippen molar-refractivity contribution < 1.29 is 9.90 Å². The minimum atomic E-state index is -0.778. The van der Waals surface area contributed by atoms with Gasteiger partial charge in [-0.1, -0.05) is 42.5 Å². The maximum absolute atomic E-state index is 11.4. The zero-order chi connectivity index (χ0) is 13.0. The Bertz CT molecular complexity index is 520. The summed E-state index contributed by atoms with van der Waals surface area (Å²) in [6, 6.07) is 17.4. The average molecular weight is 352 g/mol. The van der Waals surface area contributed by atoms with E-state index in [1.165, 1.54) is 0 Å². The van der Waals surface area contributed by atoms with Crippen LogP contribution in [0.3, 0.4) is 0 Å². The first-order valence-corrected chi connectivity index (χ1v) is 6.77. The molecule has 0 fully saturated rings. The third-order valence-corrected chi connectivity index (χ3v) is 3.57. The van der Waals surface area contributed by atoms with E-state index < -0.39 is 11.9 Å². The van der Waals surface area contributed by atoms with Crippen LogP contribution in [0.5, 0.6) is 0 Å². The van der Waals surface area contributed by atoms with E-state index in [-0.39, 0.29) is 0 Å². The van der Waals surface area contributed by atoms with E-state index in [9.17, 15) is 9.90 Å². The number of carbonyl (C=O) groups is 1. The van der Waals surface area contributed by atoms with Gasteiger partial charge in [0.05, 0.1) is 5.92 Å². The number of carboxylic acids is 1. The van der Waals surface area contributed by atoms with Crippen molar-refractivity contribution >= 4 is 28.6 Å². The van der Waals surface area contributed by atoms with Crippen molar-refractivity contribution in [2.24, 2.45) is 0 Å². The summed E-state index contributed by atoms with van der Waals surface area (Å²) in [6.45, 7) is 0. The predicted octanol–water partition coefficient (Wildman–Crippen LogP) is 3.70. The van der Waals surface area contributed by atoms with Gasteiger partial charge in [-0.05, 0) is 52.3 Å². The topological polar surface area (TPSA) is 37.3 Å². The van der Waals surface area contributed by atoms with Crippen LogP contribution in [0.2, 0.25) is 0 Å². The lowest BCUT2D eigenvalue weighted by Gasteiger charge is -2.13. The summed E-state index contributed by atoms with van der Waals surface area (Å²) in [5, 5.41) is 9.36. The van der Waals surface area contributed by atoms with Gasteiger partial charge in [0, 0.05) is 3.57 Å². The van der Waals surface area contributed by atoms with Gasteiger partial charge < -0.3 is 5.11 Å². The third-order valence-electron chi connectivity index (χ3n) is 2.85. The van der Waals surface area contributed by atoms with Crippen LogP contribution in [0.4, 0.5) is 0 Å². The van der Waals surface area contributed by atoms with Crippen LogP contribution < -0.4 is 0 Å². The van der Waals surface area contributed by atoms with Crippen LogP contribution in [0.1, 0.15) is 17.0 Å². The lowest BCUT2D eigenvalue weighted by Crippen LogP contribution is -2.14. The molecule has 2 nitrogen and oxygen atoms in total. The predicted molar refractivity (Wildman–Crippen MR) is 79.7 cm³/mol. The highest BCUT2D eigenvalue weighted by atomic mass is 127. The first kappa shape index (κ1) is 13.1. The van der Waals surface area contributed by atoms with Crippen molar-refractivity contribution in [1.82, 2.24) is 0 Å². The fourth-order valence-corrected chi connectivity index (χ4v) is 2.25. The Morgan fingerprint density at radius 2 is 1.67 bits per heavy atom. The molecule has 2 rings (SSSR count). The first-order chi connectivity index (χ1) is 8.66. The van der Waals surface area contributed by atoms with Crippen LogP contribution in [0, 0.1) is 3.57 Å². The molecule has 0 amide bonds. The molecular weight excluding hydrogens is 339 g/mol. The molecule has 92 valence electrons. The lowest BCUT2D eigenvalue weighted by molar-refractivity contribution is -0.138. The molecular formula is C15H13IO2. The van der Waals surface area contributed by atoms with Gasteiger partial charge in [0.25, 0.3) is 0 Å². The number of aliphatic carboxylic acids is 1. The summed E-state index contributed by atoms with van der Waals surface area (Å²) in [5.41, 5.74) is 1.90. The highest BCUT2D eigenvalue weighted by molar-refractivity contribution is 14.1. The Kier molecular flexibility index (Phi) is 4.36. The Morgan fingerprint density at radius 3 is 2.22 bits per heavy atom. The van der Waals surface area contributed by atoms with Crippen molar-refractivity contribution in [2.75, 3.05) is 0 Å². The summed E-state index contributed by atoms with van der Waals surface area (Å²) in [6.07, 6.45) is 0.525. The van der Waals surface area contributed by atoms with Gasteiger partial charge in [0.15, 0.2) is 0 Å². The van der Waals surface area contributed by atoms with E-state index in [2.05, 4.69) is 22.6 Å². The molecule has 0 heterocycles. The smallest absolute Gasteiger partial charge is 0.311 e. The zero-order valence-electron chi connectivity index (χ0n) is 9.71. The van der Waals surface area contributed by atoms with Crippen molar-refractivity contribution in [3.05, 3.63) is 69.3 Å². The van der Waals surface area contributed by atoms with E-state index in [4.69, 9.17) is 0 Å². The molecule has 3 heteroatoms. The highest BCUT2D eigenvalue weighted by Crippen LogP contribution is 2.22. The molecule has 0 aromatic heterocycles. The van der Waals surface area contributed by atoms with E-state index in [1.807, 2.05) is 54.6 Å². The summed E-state index contributed by atoms with van der Waals surface area (Å²) in [5.74, 6) is -1.26. The number of rotatable bonds is 4. The molecule has 1 unspecified atom stereocenters. The Morgan fingerprint density at radius 1 is 1.06 bits per heavy atom. The maximum atomic E-state index is 11.4. The largest absolute Gasteiger partial charge is 0.481 e. The number of halogens is 1. The third kappa shape index (κ3) is 3.32. The molecule has 0 bridgehead atoms. The van der Waals surface area contributed by atoms with Crippen molar-refractivity contribution in [2.45, 2.75) is 12.3 Å². The molecule has 0 aliphatic rings. The number of benzene rings is 2. The van der Waals surface area contributed by atoms with E-state index in [0.29, 0.717) is 6.42 Å². The molecule has 0 spiro atoms. The van der Waals surface area contributed by atoms with Crippen LogP contribution in [-0.2, 0) is 11.2 Å². The molecule has 18 heavy (non-hydrogen) atoms. The first-order valence-electron chi connectivity index (χ1n) is 5.69. The summed E-state index contributed by atoms with van der Waals surface area (Å²) >= 11 is 2.21. The monoisotopic (exact) mass is 352 g/mol. The van der Waals surface area contributed by atoms with E-state index in [0.717, 1.165) is 14.7 Å². The van der Waals surface area contributed by atoms with Crippen LogP contribution in [0.15, 0.2) is 54.6 Å². The van der Waals surface area contributed by atoms with Crippen LogP contribution in [-0.4, -0.2) is 11.1 Å². The number of hydrogen-bond donors (Lipinski definition) is 1. The molecule has 0 aliphatic heterocycles. The molecule has 0 saturated heterocycles. The quantitative estimate of drug-likeness (QED) is 0.852. The standard InChI is InChI=1S/C15H13IO2/c16-13-8-6-12(7-9-13)14(15(17)18)10-11-4-2-1-3-5-11/h1-9,14H,10H2,(H,17,18). The second kappa shape index (κ2) is 6.00. The lowest BCUT2D eigenvalue weighted by atomic mass is 9.92. The molecule has 2 aromatic rings. The number of hydrogen-bond acceptors (Lipinski definition) is 1. The van der Waals surface area contributed by atoms with Crippen molar-refractivity contribution in [1.29, 1.82) is 0 Å². The summed E-state index contributed by atoms with van der Waals surface area (Å²) in [7, 11) is 0. The zero-order valence-corrected chi connectivity index (χ0v) is 11.9. The number of carboxylic acid groups (broad SMARTS) is 1. The normalized spacial score (nSPS) is 12.1. The van der Waals surface area contributed by atoms with Crippen molar-refractivity contribution in [3.8, 4) is 0 Å². The Hall–Kier alpha value is -1.36. The summed E-state index contributed by atoms with van der Waals surface area (Å²) < 4.78 is 1.11. The van der Waals surface area contributed by atoms with Crippen LogP contribution in [0.25, 0.3) is 0 Å². The van der Waals surface area contributed by atoms with Gasteiger partial charge in [0.2, 0.25) is 0 Å². The van der Waals surface area contributed by atoms with Gasteiger partial charge >= 0.3 is 5.97 Å². The molecule has 2 aromatic carbocycles. The second-order valence-electron chi connectivity index (χ2n) is 4.13. The van der Waals surface area contributed by atoms with Gasteiger partial charge in [0.1, 0.15) is 0 Å². The molecule has 0 radical (unpaired) electrons. The molecule has 1 atom stereocenters. The molecule has 0 saturated carbocycles. The van der Waals surface area contributed by atoms with Gasteiger partial charge in [-0.3, -0.25) is 4.79 Å². The minimum absolute atomic E-state index is 0.482. The van der Waals surface area contributed by atoms with Gasteiger partial charge in [-0.15, -0.1) is 0 Å². The molecule has 1 N–H and O–H groups in total. The van der Waals surface area contributed by atoms with Crippen LogP contribution >= 0.6 is 22.6 Å². The van der Waals surface area contributed by atoms with E-state index in [1.54, 1.807) is 0 Å². The maximum Gasteiger partial charge on any atom is 0.311 e. The van der Waals surface area contributed by atoms with Crippen molar-refractivity contribution in [3.63, 3.8) is 0 Å². The SMILES string of the molecule is O=C(O)C(Cc1ccccc1)c1ccc(I)cc1. The second-order valence-corrected chi connectivity index (χ2v) is 5.38. The highest BCUT2D eigenvalue weighted by Gasteiger charge is 2.19. The fraction of sp³-hybridized carbons (Fsp3) is 0.133. The molecule has 0 aliphatic carbocycles. The Balaban J connectivity index is 2.24. The Labute approximate surface area is 120 Å². The van der Waals surface area contributed by atoms with Gasteiger partial charge in [-0.25, -0.2) is 0 Å². The average Bonchev–Trinajstić information content (AvgIpc) is 2.38.